The van der Waals surface area contributed by atoms with Gasteiger partial charge in [-0.2, -0.15) is 0 Å². The highest BCUT2D eigenvalue weighted by Gasteiger charge is 1.89. The SMILES string of the molecule is Nc1ncc(/C=C\CNC=O)[nH]1. The predicted molar refractivity (Wildman–Crippen MR) is 46.1 cm³/mol. The standard InChI is InChI=1S/C7H10N4O/c8-7-10-4-6(11-7)2-1-3-9-5-12/h1-2,4-5H,3H2,(H,9,12)(H3,8,10,11)/b2-1-. The Morgan fingerprint density at radius 2 is 2.58 bits per heavy atom. The highest BCUT2D eigenvalue weighted by Crippen LogP contribution is 1.98. The Balaban J connectivity index is 2.40. The molecule has 1 heterocycles. The van der Waals surface area contributed by atoms with Gasteiger partial charge in [-0.3, -0.25) is 4.79 Å². The van der Waals surface area contributed by atoms with Crippen LogP contribution < -0.4 is 11.1 Å². The second kappa shape index (κ2) is 4.17. The number of imidazole rings is 1. The average molecular weight is 166 g/mol. The Hall–Kier alpha value is -1.78. The van der Waals surface area contributed by atoms with Crippen LogP contribution in [0.5, 0.6) is 0 Å². The van der Waals surface area contributed by atoms with E-state index in [0.717, 1.165) is 5.69 Å². The molecule has 0 bridgehead atoms. The van der Waals surface area contributed by atoms with Crippen LogP contribution in [0.1, 0.15) is 5.69 Å². The number of amides is 1. The Labute approximate surface area is 69.7 Å². The van der Waals surface area contributed by atoms with E-state index in [2.05, 4.69) is 15.3 Å². The Morgan fingerprint density at radius 3 is 3.17 bits per heavy atom. The third-order valence-corrected chi connectivity index (χ3v) is 1.23. The largest absolute Gasteiger partial charge is 0.369 e. The summed E-state index contributed by atoms with van der Waals surface area (Å²) < 4.78 is 0. The minimum Gasteiger partial charge on any atom is -0.369 e. The van der Waals surface area contributed by atoms with Gasteiger partial charge < -0.3 is 16.0 Å². The Morgan fingerprint density at radius 1 is 1.75 bits per heavy atom. The van der Waals surface area contributed by atoms with E-state index in [1.165, 1.54) is 0 Å². The molecule has 0 unspecified atom stereocenters. The molecule has 1 aromatic rings. The van der Waals surface area contributed by atoms with E-state index in [1.54, 1.807) is 18.3 Å². The number of carbonyl (C=O) groups excluding carboxylic acids is 1. The van der Waals surface area contributed by atoms with Gasteiger partial charge >= 0.3 is 0 Å². The number of nitrogen functional groups attached to an aromatic ring is 1. The van der Waals surface area contributed by atoms with Crippen LogP contribution in [0, 0.1) is 0 Å². The normalized spacial score (nSPS) is 10.3. The zero-order valence-corrected chi connectivity index (χ0v) is 6.45. The zero-order chi connectivity index (χ0) is 8.81. The monoisotopic (exact) mass is 166 g/mol. The van der Waals surface area contributed by atoms with Gasteiger partial charge in [0.1, 0.15) is 0 Å². The Bertz CT molecular complexity index is 279. The van der Waals surface area contributed by atoms with Crippen LogP contribution in [0.15, 0.2) is 12.3 Å². The van der Waals surface area contributed by atoms with Gasteiger partial charge in [0.15, 0.2) is 5.95 Å². The number of carbonyl (C=O) groups is 1. The van der Waals surface area contributed by atoms with E-state index in [-0.39, 0.29) is 0 Å². The first-order chi connectivity index (χ1) is 5.83. The number of aromatic nitrogens is 2. The molecule has 0 aliphatic heterocycles. The summed E-state index contributed by atoms with van der Waals surface area (Å²) in [6.07, 6.45) is 5.85. The number of aromatic amines is 1. The molecule has 0 spiro atoms. The molecular weight excluding hydrogens is 156 g/mol. The van der Waals surface area contributed by atoms with Gasteiger partial charge in [-0.25, -0.2) is 4.98 Å². The third kappa shape index (κ3) is 2.45. The molecule has 1 rings (SSSR count). The molecule has 0 aliphatic carbocycles. The van der Waals surface area contributed by atoms with Crippen molar-refractivity contribution in [2.75, 3.05) is 12.3 Å². The number of hydrogen-bond acceptors (Lipinski definition) is 3. The summed E-state index contributed by atoms with van der Waals surface area (Å²) in [6, 6.07) is 0. The molecule has 12 heavy (non-hydrogen) atoms. The lowest BCUT2D eigenvalue weighted by atomic mass is 10.4. The summed E-state index contributed by atoms with van der Waals surface area (Å²) in [7, 11) is 0. The molecule has 0 fully saturated rings. The number of nitrogens with one attached hydrogen (secondary N) is 2. The van der Waals surface area contributed by atoms with Crippen LogP contribution >= 0.6 is 0 Å². The van der Waals surface area contributed by atoms with Crippen molar-refractivity contribution in [1.29, 1.82) is 0 Å². The third-order valence-electron chi connectivity index (χ3n) is 1.23. The first-order valence-electron chi connectivity index (χ1n) is 3.47. The molecule has 0 saturated carbocycles. The van der Waals surface area contributed by atoms with Crippen molar-refractivity contribution in [2.24, 2.45) is 0 Å². The lowest BCUT2D eigenvalue weighted by Gasteiger charge is -1.87. The van der Waals surface area contributed by atoms with Gasteiger partial charge in [0, 0.05) is 6.54 Å². The highest BCUT2D eigenvalue weighted by molar-refractivity contribution is 5.49. The molecule has 0 atom stereocenters. The van der Waals surface area contributed by atoms with Crippen molar-refractivity contribution in [2.45, 2.75) is 0 Å². The molecule has 1 amide bonds. The predicted octanol–water partition coefficient (Wildman–Crippen LogP) is -0.249. The smallest absolute Gasteiger partial charge is 0.207 e. The van der Waals surface area contributed by atoms with Crippen molar-refractivity contribution in [3.05, 3.63) is 18.0 Å². The molecule has 5 heteroatoms. The van der Waals surface area contributed by atoms with Crippen LogP contribution in [0.3, 0.4) is 0 Å². The lowest BCUT2D eigenvalue weighted by Crippen LogP contribution is -2.09. The average Bonchev–Trinajstić information content (AvgIpc) is 2.45. The maximum atomic E-state index is 9.84. The minimum atomic E-state index is 0.387. The van der Waals surface area contributed by atoms with E-state index in [0.29, 0.717) is 18.9 Å². The summed E-state index contributed by atoms with van der Waals surface area (Å²) in [5.41, 5.74) is 6.16. The minimum absolute atomic E-state index is 0.387. The van der Waals surface area contributed by atoms with E-state index in [4.69, 9.17) is 5.73 Å². The lowest BCUT2D eigenvalue weighted by molar-refractivity contribution is -0.109. The van der Waals surface area contributed by atoms with Gasteiger partial charge in [-0.15, -0.1) is 0 Å². The van der Waals surface area contributed by atoms with Crippen molar-refractivity contribution < 1.29 is 4.79 Å². The molecule has 5 nitrogen and oxygen atoms in total. The first-order valence-corrected chi connectivity index (χ1v) is 3.47. The molecule has 0 aromatic carbocycles. The molecule has 0 aliphatic rings. The fourth-order valence-electron chi connectivity index (χ4n) is 0.738. The summed E-state index contributed by atoms with van der Waals surface area (Å²) in [6.45, 7) is 0.502. The Kier molecular flexibility index (Phi) is 2.89. The number of nitrogens with two attached hydrogens (primary N) is 1. The molecule has 0 saturated heterocycles. The van der Waals surface area contributed by atoms with Crippen LogP contribution in [0.2, 0.25) is 0 Å². The number of anilines is 1. The first kappa shape index (κ1) is 8.32. The van der Waals surface area contributed by atoms with Crippen molar-refractivity contribution in [1.82, 2.24) is 15.3 Å². The van der Waals surface area contributed by atoms with Crippen LogP contribution in [-0.4, -0.2) is 22.9 Å². The number of hydrogen-bond donors (Lipinski definition) is 3. The van der Waals surface area contributed by atoms with Crippen LogP contribution in [0.4, 0.5) is 5.95 Å². The summed E-state index contributed by atoms with van der Waals surface area (Å²) in [4.78, 5) is 16.4. The number of nitrogens with zero attached hydrogens (tertiary/aromatic N) is 1. The fraction of sp³-hybridized carbons (Fsp3) is 0.143. The van der Waals surface area contributed by atoms with E-state index in [1.807, 2.05) is 0 Å². The second-order valence-corrected chi connectivity index (χ2v) is 2.15. The molecule has 0 radical (unpaired) electrons. The summed E-state index contributed by atoms with van der Waals surface area (Å²) >= 11 is 0. The van der Waals surface area contributed by atoms with Gasteiger partial charge in [0.05, 0.1) is 11.9 Å². The number of H-pyrrole nitrogens is 1. The van der Waals surface area contributed by atoms with Gasteiger partial charge in [0.2, 0.25) is 6.41 Å². The van der Waals surface area contributed by atoms with Gasteiger partial charge in [-0.1, -0.05) is 6.08 Å². The zero-order valence-electron chi connectivity index (χ0n) is 6.45. The molecule has 64 valence electrons. The maximum Gasteiger partial charge on any atom is 0.207 e. The maximum absolute atomic E-state index is 9.84. The quantitative estimate of drug-likeness (QED) is 0.426. The van der Waals surface area contributed by atoms with E-state index in [9.17, 15) is 4.79 Å². The molecule has 1 aromatic heterocycles. The van der Waals surface area contributed by atoms with Gasteiger partial charge in [-0.05, 0) is 6.08 Å². The van der Waals surface area contributed by atoms with Crippen molar-refractivity contribution in [3.8, 4) is 0 Å². The number of rotatable bonds is 4. The second-order valence-electron chi connectivity index (χ2n) is 2.15. The van der Waals surface area contributed by atoms with Crippen LogP contribution in [-0.2, 0) is 4.79 Å². The van der Waals surface area contributed by atoms with Crippen LogP contribution in [0.25, 0.3) is 6.08 Å². The van der Waals surface area contributed by atoms with E-state index >= 15 is 0 Å². The highest BCUT2D eigenvalue weighted by atomic mass is 16.1. The topological polar surface area (TPSA) is 83.8 Å². The molecular formula is C7H10N4O. The van der Waals surface area contributed by atoms with Gasteiger partial charge in [0.25, 0.3) is 0 Å². The molecule has 4 N–H and O–H groups in total. The van der Waals surface area contributed by atoms with E-state index < -0.39 is 0 Å². The fourth-order valence-corrected chi connectivity index (χ4v) is 0.738. The van der Waals surface area contributed by atoms with Crippen molar-refractivity contribution >= 4 is 18.4 Å². The summed E-state index contributed by atoms with van der Waals surface area (Å²) in [5, 5.41) is 2.49. The summed E-state index contributed by atoms with van der Waals surface area (Å²) in [5.74, 6) is 0.387. The van der Waals surface area contributed by atoms with Crippen molar-refractivity contribution in [3.63, 3.8) is 0 Å².